The molecule has 0 aliphatic heterocycles. The van der Waals surface area contributed by atoms with E-state index in [0.29, 0.717) is 18.9 Å². The minimum Gasteiger partial charge on any atom is -0.481 e. The number of unbranched alkanes of at least 4 members (excludes halogenated alkanes) is 11. The molecule has 0 saturated heterocycles. The number of hydrogen-bond donors (Lipinski definition) is 2. The number of carbonyl (C=O) groups excluding carboxylic acids is 1. The molecule has 6 heteroatoms. The first-order chi connectivity index (χ1) is 16.6. The fourth-order valence-electron chi connectivity index (χ4n) is 4.61. The van der Waals surface area contributed by atoms with E-state index in [9.17, 15) is 14.7 Å². The van der Waals surface area contributed by atoms with Gasteiger partial charge in [0.2, 0.25) is 0 Å². The quantitative estimate of drug-likeness (QED) is 0.116. The van der Waals surface area contributed by atoms with Crippen LogP contribution in [0.3, 0.4) is 0 Å². The molecule has 0 spiro atoms. The molecule has 1 aliphatic carbocycles. The van der Waals surface area contributed by atoms with E-state index in [1.165, 1.54) is 51.4 Å². The number of aliphatic carboxylic acids is 1. The zero-order valence-corrected chi connectivity index (χ0v) is 22.0. The molecule has 200 valence electrons. The third-order valence-electron chi connectivity index (χ3n) is 6.91. The lowest BCUT2D eigenvalue weighted by Gasteiger charge is -2.21. The van der Waals surface area contributed by atoms with E-state index in [1.807, 2.05) is 0 Å². The van der Waals surface area contributed by atoms with Crippen LogP contribution in [-0.4, -0.2) is 59.4 Å². The smallest absolute Gasteiger partial charge is 0.306 e. The molecule has 0 heterocycles. The fourth-order valence-corrected chi connectivity index (χ4v) is 4.61. The standard InChI is InChI=1S/C28H53NO5/c1-2-3-4-5-7-11-16-26(25-19-20-25)34-28(33)18-13-10-15-22-29(23-24-30)21-14-9-6-8-12-17-27(31)32/h25-26,30H,2-24H2,1H3,(H,31,32). The van der Waals surface area contributed by atoms with Crippen molar-refractivity contribution in [2.75, 3.05) is 26.2 Å². The molecule has 0 aromatic rings. The predicted molar refractivity (Wildman–Crippen MR) is 138 cm³/mol. The molecule has 1 fully saturated rings. The monoisotopic (exact) mass is 483 g/mol. The highest BCUT2D eigenvalue weighted by Crippen LogP contribution is 2.37. The highest BCUT2D eigenvalue weighted by molar-refractivity contribution is 5.69. The van der Waals surface area contributed by atoms with Gasteiger partial charge in [-0.2, -0.15) is 0 Å². The van der Waals surface area contributed by atoms with Crippen molar-refractivity contribution < 1.29 is 24.5 Å². The SMILES string of the molecule is CCCCCCCCC(OC(=O)CCCCCN(CCO)CCCCCCCC(=O)O)C1CC1. The van der Waals surface area contributed by atoms with Crippen LogP contribution in [-0.2, 0) is 14.3 Å². The summed E-state index contributed by atoms with van der Waals surface area (Å²) in [6, 6.07) is 0. The number of aliphatic hydroxyl groups is 1. The second kappa shape index (κ2) is 21.2. The molecule has 0 aromatic carbocycles. The van der Waals surface area contributed by atoms with Gasteiger partial charge in [-0.1, -0.05) is 64.7 Å². The van der Waals surface area contributed by atoms with Crippen LogP contribution in [0.25, 0.3) is 0 Å². The number of rotatable bonds is 25. The maximum Gasteiger partial charge on any atom is 0.306 e. The first kappa shape index (κ1) is 30.9. The molecule has 1 unspecified atom stereocenters. The predicted octanol–water partition coefficient (Wildman–Crippen LogP) is 6.34. The number of nitrogens with zero attached hydrogens (tertiary/aromatic N) is 1. The van der Waals surface area contributed by atoms with E-state index in [4.69, 9.17) is 9.84 Å². The van der Waals surface area contributed by atoms with Crippen LogP contribution in [0, 0.1) is 5.92 Å². The molecule has 1 atom stereocenters. The topological polar surface area (TPSA) is 87.1 Å². The number of carbonyl (C=O) groups is 2. The summed E-state index contributed by atoms with van der Waals surface area (Å²) in [4.78, 5) is 25.2. The summed E-state index contributed by atoms with van der Waals surface area (Å²) in [7, 11) is 0. The van der Waals surface area contributed by atoms with Gasteiger partial charge in [0.15, 0.2) is 0 Å². The van der Waals surface area contributed by atoms with Crippen molar-refractivity contribution in [2.45, 2.75) is 135 Å². The Hall–Kier alpha value is -1.14. The lowest BCUT2D eigenvalue weighted by Crippen LogP contribution is -2.29. The lowest BCUT2D eigenvalue weighted by atomic mass is 10.0. The van der Waals surface area contributed by atoms with Crippen molar-refractivity contribution in [1.29, 1.82) is 0 Å². The van der Waals surface area contributed by atoms with Gasteiger partial charge >= 0.3 is 11.9 Å². The van der Waals surface area contributed by atoms with E-state index in [0.717, 1.165) is 70.9 Å². The first-order valence-corrected chi connectivity index (χ1v) is 14.3. The summed E-state index contributed by atoms with van der Waals surface area (Å²) >= 11 is 0. The lowest BCUT2D eigenvalue weighted by molar-refractivity contribution is -0.150. The summed E-state index contributed by atoms with van der Waals surface area (Å²) in [5, 5.41) is 18.0. The molecule has 0 radical (unpaired) electrons. The largest absolute Gasteiger partial charge is 0.481 e. The Morgan fingerprint density at radius 1 is 0.794 bits per heavy atom. The molecular weight excluding hydrogens is 430 g/mol. The van der Waals surface area contributed by atoms with Gasteiger partial charge in [0, 0.05) is 19.4 Å². The van der Waals surface area contributed by atoms with Gasteiger partial charge in [0.25, 0.3) is 0 Å². The Kier molecular flexibility index (Phi) is 19.2. The maximum atomic E-state index is 12.3. The van der Waals surface area contributed by atoms with Crippen LogP contribution in [0.1, 0.15) is 129 Å². The molecule has 34 heavy (non-hydrogen) atoms. The average molecular weight is 484 g/mol. The summed E-state index contributed by atoms with van der Waals surface area (Å²) in [5.41, 5.74) is 0. The second-order valence-corrected chi connectivity index (χ2v) is 10.2. The van der Waals surface area contributed by atoms with Gasteiger partial charge in [-0.25, -0.2) is 0 Å². The van der Waals surface area contributed by atoms with Crippen LogP contribution in [0.15, 0.2) is 0 Å². The third kappa shape index (κ3) is 18.2. The molecule has 1 rings (SSSR count). The molecule has 0 bridgehead atoms. The number of aliphatic hydroxyl groups excluding tert-OH is 1. The maximum absolute atomic E-state index is 12.3. The summed E-state index contributed by atoms with van der Waals surface area (Å²) in [6.07, 6.45) is 20.0. The van der Waals surface area contributed by atoms with E-state index >= 15 is 0 Å². The number of ether oxygens (including phenoxy) is 1. The molecule has 6 nitrogen and oxygen atoms in total. The average Bonchev–Trinajstić information content (AvgIpc) is 3.65. The molecule has 1 saturated carbocycles. The van der Waals surface area contributed by atoms with E-state index < -0.39 is 5.97 Å². The highest BCUT2D eigenvalue weighted by atomic mass is 16.5. The van der Waals surface area contributed by atoms with Gasteiger partial charge in [0.1, 0.15) is 6.10 Å². The normalized spacial score (nSPS) is 14.4. The number of hydrogen-bond acceptors (Lipinski definition) is 5. The second-order valence-electron chi connectivity index (χ2n) is 10.2. The van der Waals surface area contributed by atoms with Crippen molar-refractivity contribution in [3.8, 4) is 0 Å². The molecule has 1 aliphatic rings. The zero-order valence-electron chi connectivity index (χ0n) is 22.0. The minimum absolute atomic E-state index is 0.0157. The van der Waals surface area contributed by atoms with Crippen molar-refractivity contribution in [3.63, 3.8) is 0 Å². The van der Waals surface area contributed by atoms with Crippen LogP contribution < -0.4 is 0 Å². The van der Waals surface area contributed by atoms with Crippen LogP contribution in [0.4, 0.5) is 0 Å². The zero-order chi connectivity index (χ0) is 24.9. The minimum atomic E-state index is -0.710. The van der Waals surface area contributed by atoms with Gasteiger partial charge in [-0.3, -0.25) is 9.59 Å². The van der Waals surface area contributed by atoms with Gasteiger partial charge in [-0.05, 0) is 70.4 Å². The summed E-state index contributed by atoms with van der Waals surface area (Å²) in [5.74, 6) is -0.111. The fraction of sp³-hybridized carbons (Fsp3) is 0.929. The molecule has 2 N–H and O–H groups in total. The van der Waals surface area contributed by atoms with Gasteiger partial charge < -0.3 is 19.8 Å². The van der Waals surface area contributed by atoms with Crippen LogP contribution in [0.2, 0.25) is 0 Å². The number of carboxylic acids is 1. The first-order valence-electron chi connectivity index (χ1n) is 14.3. The van der Waals surface area contributed by atoms with Crippen LogP contribution >= 0.6 is 0 Å². The van der Waals surface area contributed by atoms with Crippen LogP contribution in [0.5, 0.6) is 0 Å². The third-order valence-corrected chi connectivity index (χ3v) is 6.91. The Morgan fingerprint density at radius 2 is 1.35 bits per heavy atom. The number of esters is 1. The van der Waals surface area contributed by atoms with Crippen molar-refractivity contribution in [3.05, 3.63) is 0 Å². The van der Waals surface area contributed by atoms with Gasteiger partial charge in [-0.15, -0.1) is 0 Å². The Balaban J connectivity index is 2.07. The molecule has 0 aromatic heterocycles. The highest BCUT2D eigenvalue weighted by Gasteiger charge is 2.33. The molecular formula is C28H53NO5. The van der Waals surface area contributed by atoms with E-state index in [1.54, 1.807) is 0 Å². The van der Waals surface area contributed by atoms with Crippen molar-refractivity contribution in [1.82, 2.24) is 4.90 Å². The van der Waals surface area contributed by atoms with E-state index in [-0.39, 0.29) is 25.1 Å². The van der Waals surface area contributed by atoms with Crippen molar-refractivity contribution >= 4 is 11.9 Å². The Morgan fingerprint density at radius 3 is 1.97 bits per heavy atom. The summed E-state index contributed by atoms with van der Waals surface area (Å²) < 4.78 is 5.86. The van der Waals surface area contributed by atoms with Gasteiger partial charge in [0.05, 0.1) is 6.61 Å². The van der Waals surface area contributed by atoms with E-state index in [2.05, 4.69) is 11.8 Å². The Labute approximate surface area is 208 Å². The molecule has 0 amide bonds. The summed E-state index contributed by atoms with van der Waals surface area (Å²) in [6.45, 7) is 5.04. The Bertz CT molecular complexity index is 509. The number of carboxylic acid groups (broad SMARTS) is 1. The van der Waals surface area contributed by atoms with Crippen molar-refractivity contribution in [2.24, 2.45) is 5.92 Å².